The van der Waals surface area contributed by atoms with E-state index in [1.54, 1.807) is 0 Å². The van der Waals surface area contributed by atoms with Gasteiger partial charge in [0.15, 0.2) is 0 Å². The summed E-state index contributed by atoms with van der Waals surface area (Å²) in [5.74, 6) is -5.64. The molecule has 0 unspecified atom stereocenters. The van der Waals surface area contributed by atoms with Crippen molar-refractivity contribution in [2.24, 2.45) is 0 Å². The standard InChI is InChI=1S/C11H10F4O3/c12-10(13)11(14,15)6-18-5-7-2-1-3-8(4-7)9(16)17/h1-4,10H,5-6H2,(H,16,17)/p-1. The molecule has 0 aliphatic carbocycles. The third-order valence-electron chi connectivity index (χ3n) is 2.05. The summed E-state index contributed by atoms with van der Waals surface area (Å²) < 4.78 is 53.0. The van der Waals surface area contributed by atoms with Crippen LogP contribution in [0.2, 0.25) is 0 Å². The van der Waals surface area contributed by atoms with Crippen LogP contribution in [0.3, 0.4) is 0 Å². The highest BCUT2D eigenvalue weighted by Gasteiger charge is 2.40. The molecule has 0 bridgehead atoms. The zero-order valence-electron chi connectivity index (χ0n) is 9.04. The highest BCUT2D eigenvalue weighted by atomic mass is 19.3. The number of benzene rings is 1. The smallest absolute Gasteiger partial charge is 0.330 e. The predicted octanol–water partition coefficient (Wildman–Crippen LogP) is 1.47. The lowest BCUT2D eigenvalue weighted by Crippen LogP contribution is -2.32. The summed E-state index contributed by atoms with van der Waals surface area (Å²) in [5.41, 5.74) is 0.137. The van der Waals surface area contributed by atoms with E-state index < -0.39 is 24.9 Å². The Morgan fingerprint density at radius 1 is 1.39 bits per heavy atom. The highest BCUT2D eigenvalue weighted by molar-refractivity contribution is 5.85. The van der Waals surface area contributed by atoms with E-state index >= 15 is 0 Å². The average molecular weight is 265 g/mol. The van der Waals surface area contributed by atoms with Gasteiger partial charge in [-0.25, -0.2) is 8.78 Å². The minimum Gasteiger partial charge on any atom is -0.545 e. The summed E-state index contributed by atoms with van der Waals surface area (Å²) in [6.45, 7) is -1.82. The first kappa shape index (κ1) is 14.4. The normalized spacial score (nSPS) is 11.8. The van der Waals surface area contributed by atoms with E-state index in [2.05, 4.69) is 4.74 Å². The summed E-state index contributed by atoms with van der Waals surface area (Å²) >= 11 is 0. The molecular weight excluding hydrogens is 256 g/mol. The Labute approximate surface area is 100.0 Å². The molecule has 0 spiro atoms. The van der Waals surface area contributed by atoms with Crippen LogP contribution in [-0.2, 0) is 11.3 Å². The van der Waals surface area contributed by atoms with E-state index in [1.807, 2.05) is 0 Å². The Kier molecular flexibility index (Phi) is 4.66. The lowest BCUT2D eigenvalue weighted by Gasteiger charge is -2.15. The third-order valence-corrected chi connectivity index (χ3v) is 2.05. The largest absolute Gasteiger partial charge is 0.545 e. The number of halogens is 4. The third kappa shape index (κ3) is 3.99. The van der Waals surface area contributed by atoms with Crippen LogP contribution in [0.25, 0.3) is 0 Å². The molecule has 0 heterocycles. The molecule has 0 aliphatic rings. The van der Waals surface area contributed by atoms with E-state index in [0.717, 1.165) is 6.07 Å². The molecule has 7 heteroatoms. The minimum absolute atomic E-state index is 0.142. The van der Waals surface area contributed by atoms with Crippen molar-refractivity contribution in [1.29, 1.82) is 0 Å². The Morgan fingerprint density at radius 3 is 2.61 bits per heavy atom. The van der Waals surface area contributed by atoms with Crippen molar-refractivity contribution < 1.29 is 32.2 Å². The molecule has 100 valence electrons. The van der Waals surface area contributed by atoms with Gasteiger partial charge < -0.3 is 14.6 Å². The first-order valence-electron chi connectivity index (χ1n) is 4.87. The van der Waals surface area contributed by atoms with E-state index in [4.69, 9.17) is 0 Å². The lowest BCUT2D eigenvalue weighted by molar-refractivity contribution is -0.255. The van der Waals surface area contributed by atoms with Crippen LogP contribution >= 0.6 is 0 Å². The molecule has 0 amide bonds. The Bertz CT molecular complexity index is 421. The van der Waals surface area contributed by atoms with Crippen molar-refractivity contribution in [3.05, 3.63) is 35.4 Å². The SMILES string of the molecule is O=C([O-])c1cccc(COCC(F)(F)C(F)F)c1. The number of rotatable bonds is 6. The van der Waals surface area contributed by atoms with Crippen molar-refractivity contribution in [3.63, 3.8) is 0 Å². The summed E-state index contributed by atoms with van der Waals surface area (Å²) in [7, 11) is 0. The molecule has 1 aromatic carbocycles. The van der Waals surface area contributed by atoms with E-state index in [0.29, 0.717) is 0 Å². The molecule has 18 heavy (non-hydrogen) atoms. The number of hydrogen-bond donors (Lipinski definition) is 0. The van der Waals surface area contributed by atoms with Gasteiger partial charge in [-0.05, 0) is 17.2 Å². The van der Waals surface area contributed by atoms with Crippen LogP contribution in [0.1, 0.15) is 15.9 Å². The molecule has 0 radical (unpaired) electrons. The van der Waals surface area contributed by atoms with Gasteiger partial charge in [0.25, 0.3) is 0 Å². The van der Waals surface area contributed by atoms with Gasteiger partial charge in [-0.15, -0.1) is 0 Å². The molecule has 0 aliphatic heterocycles. The van der Waals surface area contributed by atoms with Crippen molar-refractivity contribution in [2.75, 3.05) is 6.61 Å². The van der Waals surface area contributed by atoms with Crippen LogP contribution in [0.15, 0.2) is 24.3 Å². The maximum Gasteiger partial charge on any atom is 0.330 e. The average Bonchev–Trinajstić information content (AvgIpc) is 2.29. The molecule has 0 saturated carbocycles. The van der Waals surface area contributed by atoms with Crippen molar-refractivity contribution in [3.8, 4) is 0 Å². The van der Waals surface area contributed by atoms with E-state index in [-0.39, 0.29) is 17.7 Å². The number of ether oxygens (including phenoxy) is 1. The van der Waals surface area contributed by atoms with Gasteiger partial charge in [0.2, 0.25) is 0 Å². The molecule has 3 nitrogen and oxygen atoms in total. The van der Waals surface area contributed by atoms with E-state index in [9.17, 15) is 27.5 Å². The van der Waals surface area contributed by atoms with Crippen LogP contribution in [-0.4, -0.2) is 24.9 Å². The van der Waals surface area contributed by atoms with Gasteiger partial charge in [-0.3, -0.25) is 0 Å². The Morgan fingerprint density at radius 2 is 2.06 bits per heavy atom. The number of carboxylic acids is 1. The Balaban J connectivity index is 2.54. The molecule has 1 rings (SSSR count). The molecule has 0 fully saturated rings. The van der Waals surface area contributed by atoms with Crippen LogP contribution in [0.5, 0.6) is 0 Å². The molecule has 1 aromatic rings. The monoisotopic (exact) mass is 265 g/mol. The van der Waals surface area contributed by atoms with Crippen LogP contribution in [0.4, 0.5) is 17.6 Å². The number of carbonyl (C=O) groups is 1. The summed E-state index contributed by atoms with van der Waals surface area (Å²) in [5, 5.41) is 10.5. The summed E-state index contributed by atoms with van der Waals surface area (Å²) in [6, 6.07) is 5.21. The van der Waals surface area contributed by atoms with Gasteiger partial charge in [0, 0.05) is 0 Å². The second-order valence-corrected chi connectivity index (χ2v) is 3.54. The first-order chi connectivity index (χ1) is 8.33. The maximum absolute atomic E-state index is 12.5. The molecule has 0 N–H and O–H groups in total. The maximum atomic E-state index is 12.5. The van der Waals surface area contributed by atoms with Crippen molar-refractivity contribution >= 4 is 5.97 Å². The summed E-state index contributed by atoms with van der Waals surface area (Å²) in [6.07, 6.45) is -3.80. The minimum atomic E-state index is -4.22. The fraction of sp³-hybridized carbons (Fsp3) is 0.364. The molecular formula is C11H9F4O3-. The second-order valence-electron chi connectivity index (χ2n) is 3.54. The lowest BCUT2D eigenvalue weighted by atomic mass is 10.1. The van der Waals surface area contributed by atoms with Crippen LogP contribution in [0, 0.1) is 0 Å². The topological polar surface area (TPSA) is 49.4 Å². The number of alkyl halides is 4. The molecule has 0 saturated heterocycles. The number of carbonyl (C=O) groups excluding carboxylic acids is 1. The number of aromatic carboxylic acids is 1. The van der Waals surface area contributed by atoms with Gasteiger partial charge in [-0.1, -0.05) is 18.2 Å². The van der Waals surface area contributed by atoms with E-state index in [1.165, 1.54) is 18.2 Å². The molecule has 0 atom stereocenters. The molecule has 0 aromatic heterocycles. The van der Waals surface area contributed by atoms with Gasteiger partial charge in [0.1, 0.15) is 6.61 Å². The fourth-order valence-corrected chi connectivity index (χ4v) is 1.16. The second kappa shape index (κ2) is 5.81. The zero-order valence-corrected chi connectivity index (χ0v) is 9.04. The van der Waals surface area contributed by atoms with Crippen LogP contribution < -0.4 is 5.11 Å². The van der Waals surface area contributed by atoms with Crippen molar-refractivity contribution in [2.45, 2.75) is 19.0 Å². The van der Waals surface area contributed by atoms with Gasteiger partial charge >= 0.3 is 12.3 Å². The zero-order chi connectivity index (χ0) is 13.8. The predicted molar refractivity (Wildman–Crippen MR) is 51.4 cm³/mol. The first-order valence-corrected chi connectivity index (χ1v) is 4.87. The number of hydrogen-bond acceptors (Lipinski definition) is 3. The number of carboxylic acid groups (broad SMARTS) is 1. The Hall–Kier alpha value is -1.63. The quantitative estimate of drug-likeness (QED) is 0.732. The van der Waals surface area contributed by atoms with Gasteiger partial charge in [-0.2, -0.15) is 8.78 Å². The van der Waals surface area contributed by atoms with Gasteiger partial charge in [0.05, 0.1) is 12.6 Å². The summed E-state index contributed by atoms with van der Waals surface area (Å²) in [4.78, 5) is 10.5. The highest BCUT2D eigenvalue weighted by Crippen LogP contribution is 2.23. The fourth-order valence-electron chi connectivity index (χ4n) is 1.16. The van der Waals surface area contributed by atoms with Crippen molar-refractivity contribution in [1.82, 2.24) is 0 Å².